The second-order valence-electron chi connectivity index (χ2n) is 7.01. The first-order valence-electron chi connectivity index (χ1n) is 9.21. The lowest BCUT2D eigenvalue weighted by Crippen LogP contribution is -2.34. The Morgan fingerprint density at radius 3 is 3.12 bits per heavy atom. The van der Waals surface area contributed by atoms with E-state index in [1.165, 1.54) is 5.56 Å². The number of nitrogens with one attached hydrogen (secondary N) is 1. The molecule has 0 bridgehead atoms. The molecule has 2 aromatic heterocycles. The number of piperidine rings is 1. The number of aryl methyl sites for hydroxylation is 1. The number of hydrogen-bond donors (Lipinski definition) is 1. The van der Waals surface area contributed by atoms with Crippen molar-refractivity contribution in [3.05, 3.63) is 41.3 Å². The molecule has 3 heterocycles. The van der Waals surface area contributed by atoms with Crippen LogP contribution in [0.15, 0.2) is 22.7 Å². The Morgan fingerprint density at radius 2 is 2.27 bits per heavy atom. The summed E-state index contributed by atoms with van der Waals surface area (Å²) in [5.41, 5.74) is 3.42. The van der Waals surface area contributed by atoms with E-state index in [0.29, 0.717) is 37.2 Å². The average Bonchev–Trinajstić information content (AvgIpc) is 3.28. The van der Waals surface area contributed by atoms with Crippen LogP contribution in [-0.2, 0) is 17.7 Å². The van der Waals surface area contributed by atoms with Crippen molar-refractivity contribution in [2.75, 3.05) is 26.8 Å². The van der Waals surface area contributed by atoms with E-state index in [0.717, 1.165) is 42.8 Å². The SMILES string of the molecule is COCCc1noc(CN2CCC[C@H](c3nc4c(C)cccc4[nH]3)C2)n1. The summed E-state index contributed by atoms with van der Waals surface area (Å²) in [5, 5.41) is 4.02. The molecular formula is C19H25N5O2. The summed E-state index contributed by atoms with van der Waals surface area (Å²) in [6.07, 6.45) is 2.98. The van der Waals surface area contributed by atoms with Crippen molar-refractivity contribution in [1.82, 2.24) is 25.0 Å². The second-order valence-corrected chi connectivity index (χ2v) is 7.01. The van der Waals surface area contributed by atoms with Gasteiger partial charge in [-0.15, -0.1) is 0 Å². The zero-order valence-corrected chi connectivity index (χ0v) is 15.4. The summed E-state index contributed by atoms with van der Waals surface area (Å²) >= 11 is 0. The fraction of sp³-hybridized carbons (Fsp3) is 0.526. The minimum atomic E-state index is 0.409. The van der Waals surface area contributed by atoms with Crippen LogP contribution in [-0.4, -0.2) is 51.8 Å². The van der Waals surface area contributed by atoms with Gasteiger partial charge in [0.25, 0.3) is 0 Å². The van der Waals surface area contributed by atoms with E-state index in [1.807, 2.05) is 0 Å². The zero-order valence-electron chi connectivity index (χ0n) is 15.4. The molecule has 1 N–H and O–H groups in total. The minimum Gasteiger partial charge on any atom is -0.384 e. The molecule has 0 saturated carbocycles. The molecule has 0 aliphatic carbocycles. The van der Waals surface area contributed by atoms with Gasteiger partial charge in [-0.2, -0.15) is 4.98 Å². The molecule has 138 valence electrons. The first-order chi connectivity index (χ1) is 12.7. The molecule has 1 aliphatic heterocycles. The van der Waals surface area contributed by atoms with Crippen molar-refractivity contribution in [3.63, 3.8) is 0 Å². The largest absolute Gasteiger partial charge is 0.384 e. The highest BCUT2D eigenvalue weighted by Gasteiger charge is 2.25. The Hall–Kier alpha value is -2.25. The fourth-order valence-electron chi connectivity index (χ4n) is 3.65. The molecule has 0 spiro atoms. The predicted molar refractivity (Wildman–Crippen MR) is 98.0 cm³/mol. The van der Waals surface area contributed by atoms with Crippen molar-refractivity contribution in [1.29, 1.82) is 0 Å². The van der Waals surface area contributed by atoms with Gasteiger partial charge >= 0.3 is 0 Å². The molecule has 1 saturated heterocycles. The van der Waals surface area contributed by atoms with Gasteiger partial charge in [0.1, 0.15) is 5.82 Å². The third kappa shape index (κ3) is 3.64. The number of fused-ring (bicyclic) bond motifs is 1. The van der Waals surface area contributed by atoms with Crippen molar-refractivity contribution in [3.8, 4) is 0 Å². The molecular weight excluding hydrogens is 330 g/mol. The van der Waals surface area contributed by atoms with Gasteiger partial charge in [-0.05, 0) is 37.9 Å². The van der Waals surface area contributed by atoms with Crippen LogP contribution >= 0.6 is 0 Å². The molecule has 1 atom stereocenters. The summed E-state index contributed by atoms with van der Waals surface area (Å²) in [6.45, 7) is 5.41. The van der Waals surface area contributed by atoms with Crippen LogP contribution in [0.1, 0.15) is 41.9 Å². The highest BCUT2D eigenvalue weighted by Crippen LogP contribution is 2.28. The third-order valence-electron chi connectivity index (χ3n) is 5.02. The maximum Gasteiger partial charge on any atom is 0.240 e. The molecule has 7 heteroatoms. The Morgan fingerprint density at radius 1 is 1.35 bits per heavy atom. The monoisotopic (exact) mass is 355 g/mol. The third-order valence-corrected chi connectivity index (χ3v) is 5.02. The lowest BCUT2D eigenvalue weighted by Gasteiger charge is -2.30. The van der Waals surface area contributed by atoms with Crippen LogP contribution in [0.5, 0.6) is 0 Å². The van der Waals surface area contributed by atoms with Crippen molar-refractivity contribution >= 4 is 11.0 Å². The number of imidazole rings is 1. The van der Waals surface area contributed by atoms with E-state index in [4.69, 9.17) is 14.2 Å². The number of rotatable bonds is 6. The van der Waals surface area contributed by atoms with Crippen LogP contribution in [0.3, 0.4) is 0 Å². The lowest BCUT2D eigenvalue weighted by molar-refractivity contribution is 0.174. The van der Waals surface area contributed by atoms with Crippen LogP contribution in [0.2, 0.25) is 0 Å². The summed E-state index contributed by atoms with van der Waals surface area (Å²) in [4.78, 5) is 15.2. The molecule has 0 radical (unpaired) electrons. The minimum absolute atomic E-state index is 0.409. The van der Waals surface area contributed by atoms with E-state index in [-0.39, 0.29) is 0 Å². The maximum atomic E-state index is 5.39. The van der Waals surface area contributed by atoms with E-state index >= 15 is 0 Å². The second kappa shape index (κ2) is 7.55. The molecule has 1 aliphatic rings. The van der Waals surface area contributed by atoms with Gasteiger partial charge in [0.05, 0.1) is 24.2 Å². The van der Waals surface area contributed by atoms with Gasteiger partial charge in [-0.1, -0.05) is 17.3 Å². The molecule has 7 nitrogen and oxygen atoms in total. The summed E-state index contributed by atoms with van der Waals surface area (Å²) in [6, 6.07) is 6.28. The van der Waals surface area contributed by atoms with Crippen LogP contribution in [0.4, 0.5) is 0 Å². The molecule has 1 aromatic carbocycles. The van der Waals surface area contributed by atoms with Crippen LogP contribution in [0, 0.1) is 6.92 Å². The number of likely N-dealkylation sites (tertiary alicyclic amines) is 1. The van der Waals surface area contributed by atoms with Gasteiger partial charge in [-0.3, -0.25) is 4.90 Å². The number of benzene rings is 1. The molecule has 3 aromatic rings. The first kappa shape index (κ1) is 17.2. The van der Waals surface area contributed by atoms with Crippen LogP contribution < -0.4 is 0 Å². The number of aromatic amines is 1. The number of para-hydroxylation sites is 1. The number of hydrogen-bond acceptors (Lipinski definition) is 6. The van der Waals surface area contributed by atoms with E-state index in [2.05, 4.69) is 45.1 Å². The first-order valence-corrected chi connectivity index (χ1v) is 9.21. The fourth-order valence-corrected chi connectivity index (χ4v) is 3.65. The Balaban J connectivity index is 1.43. The Bertz CT molecular complexity index is 872. The van der Waals surface area contributed by atoms with Crippen molar-refractivity contribution < 1.29 is 9.26 Å². The molecule has 26 heavy (non-hydrogen) atoms. The van der Waals surface area contributed by atoms with E-state index < -0.39 is 0 Å². The van der Waals surface area contributed by atoms with Gasteiger partial charge < -0.3 is 14.2 Å². The number of nitrogens with zero attached hydrogens (tertiary/aromatic N) is 4. The number of ether oxygens (including phenoxy) is 1. The highest BCUT2D eigenvalue weighted by molar-refractivity contribution is 5.78. The molecule has 4 rings (SSSR count). The van der Waals surface area contributed by atoms with Gasteiger partial charge in [0, 0.05) is 26.0 Å². The van der Waals surface area contributed by atoms with Crippen molar-refractivity contribution in [2.24, 2.45) is 0 Å². The summed E-state index contributed by atoms with van der Waals surface area (Å²) in [7, 11) is 1.68. The zero-order chi connectivity index (χ0) is 17.9. The molecule has 1 fully saturated rings. The van der Waals surface area contributed by atoms with Crippen LogP contribution in [0.25, 0.3) is 11.0 Å². The van der Waals surface area contributed by atoms with Gasteiger partial charge in [-0.25, -0.2) is 4.98 Å². The quantitative estimate of drug-likeness (QED) is 0.732. The average molecular weight is 355 g/mol. The number of aromatic nitrogens is 4. The lowest BCUT2D eigenvalue weighted by atomic mass is 9.97. The summed E-state index contributed by atoms with van der Waals surface area (Å²) < 4.78 is 10.4. The Labute approximate surface area is 152 Å². The normalized spacial score (nSPS) is 18.6. The maximum absolute atomic E-state index is 5.39. The van der Waals surface area contributed by atoms with Gasteiger partial charge in [0.2, 0.25) is 5.89 Å². The Kier molecular flexibility index (Phi) is 4.99. The number of methoxy groups -OCH3 is 1. The topological polar surface area (TPSA) is 80.1 Å². The number of H-pyrrole nitrogens is 1. The molecule has 0 amide bonds. The van der Waals surface area contributed by atoms with E-state index in [9.17, 15) is 0 Å². The predicted octanol–water partition coefficient (Wildman–Crippen LogP) is 2.82. The standard InChI is InChI=1S/C19H25N5O2/c1-13-5-3-7-15-18(13)22-19(20-15)14-6-4-9-24(11-14)12-17-21-16(23-26-17)8-10-25-2/h3,5,7,14H,4,6,8-12H2,1-2H3,(H,20,22)/t14-/m0/s1. The highest BCUT2D eigenvalue weighted by atomic mass is 16.5. The smallest absolute Gasteiger partial charge is 0.240 e. The van der Waals surface area contributed by atoms with Crippen molar-refractivity contribution in [2.45, 2.75) is 38.6 Å². The summed E-state index contributed by atoms with van der Waals surface area (Å²) in [5.74, 6) is 2.89. The van der Waals surface area contributed by atoms with E-state index in [1.54, 1.807) is 7.11 Å². The van der Waals surface area contributed by atoms with Gasteiger partial charge in [0.15, 0.2) is 5.82 Å². The molecule has 0 unspecified atom stereocenters.